The number of aromatic nitrogens is 1. The molecule has 0 spiro atoms. The fraction of sp³-hybridized carbons (Fsp3) is 0.353. The molecule has 0 bridgehead atoms. The first-order chi connectivity index (χ1) is 11.5. The summed E-state index contributed by atoms with van der Waals surface area (Å²) in [5, 5.41) is 13.1. The molecule has 0 fully saturated rings. The lowest BCUT2D eigenvalue weighted by Crippen LogP contribution is -2.18. The van der Waals surface area contributed by atoms with Gasteiger partial charge in [-0.2, -0.15) is 0 Å². The predicted octanol–water partition coefficient (Wildman–Crippen LogP) is 1.99. The van der Waals surface area contributed by atoms with Gasteiger partial charge in [-0.1, -0.05) is 0 Å². The third kappa shape index (κ3) is 3.80. The Labute approximate surface area is 139 Å². The zero-order chi connectivity index (χ0) is 17.7. The van der Waals surface area contributed by atoms with Gasteiger partial charge in [0.2, 0.25) is 0 Å². The highest BCUT2D eigenvalue weighted by molar-refractivity contribution is 6.06. The van der Waals surface area contributed by atoms with E-state index in [4.69, 9.17) is 9.47 Å². The van der Waals surface area contributed by atoms with Crippen LogP contribution in [-0.4, -0.2) is 48.4 Å². The number of aliphatic hydroxyl groups is 1. The summed E-state index contributed by atoms with van der Waals surface area (Å²) in [6.45, 7) is 3.80. The van der Waals surface area contributed by atoms with Crippen molar-refractivity contribution in [1.82, 2.24) is 4.98 Å². The van der Waals surface area contributed by atoms with E-state index < -0.39 is 18.0 Å². The molecular formula is C17H20N2O5. The molecule has 0 saturated heterocycles. The first-order valence-electron chi connectivity index (χ1n) is 7.58. The minimum absolute atomic E-state index is 0.230. The van der Waals surface area contributed by atoms with E-state index in [2.05, 4.69) is 10.3 Å². The Kier molecular flexibility index (Phi) is 5.70. The Morgan fingerprint density at radius 3 is 2.71 bits per heavy atom. The van der Waals surface area contributed by atoms with Gasteiger partial charge in [0.15, 0.2) is 0 Å². The second-order valence-corrected chi connectivity index (χ2v) is 5.22. The van der Waals surface area contributed by atoms with Gasteiger partial charge in [0.1, 0.15) is 5.56 Å². The van der Waals surface area contributed by atoms with Gasteiger partial charge < -0.3 is 19.9 Å². The van der Waals surface area contributed by atoms with Crippen molar-refractivity contribution in [3.8, 4) is 0 Å². The number of esters is 2. The number of hydrogen-bond donors (Lipinski definition) is 2. The number of nitrogens with zero attached hydrogens (tertiary/aromatic N) is 1. The molecule has 0 radical (unpaired) electrons. The number of benzene rings is 1. The normalized spacial score (nSPS) is 11.8. The van der Waals surface area contributed by atoms with Crippen molar-refractivity contribution < 1.29 is 24.2 Å². The smallest absolute Gasteiger partial charge is 0.341 e. The molecule has 0 aliphatic carbocycles. The van der Waals surface area contributed by atoms with Gasteiger partial charge in [-0.15, -0.1) is 0 Å². The van der Waals surface area contributed by atoms with Gasteiger partial charge in [-0.3, -0.25) is 4.98 Å². The molecule has 0 aliphatic heterocycles. The summed E-state index contributed by atoms with van der Waals surface area (Å²) < 4.78 is 9.78. The molecule has 2 N–H and O–H groups in total. The zero-order valence-corrected chi connectivity index (χ0v) is 13.8. The quantitative estimate of drug-likeness (QED) is 0.781. The van der Waals surface area contributed by atoms with Crippen LogP contribution in [0.1, 0.15) is 34.6 Å². The summed E-state index contributed by atoms with van der Waals surface area (Å²) in [5.74, 6) is -1.01. The summed E-state index contributed by atoms with van der Waals surface area (Å²) in [4.78, 5) is 28.2. The lowest BCUT2D eigenvalue weighted by atomic mass is 10.1. The number of methoxy groups -OCH3 is 1. The molecule has 7 nitrogen and oxygen atoms in total. The van der Waals surface area contributed by atoms with Crippen molar-refractivity contribution in [2.75, 3.05) is 25.6 Å². The lowest BCUT2D eigenvalue weighted by molar-refractivity contribution is 0.0526. The summed E-state index contributed by atoms with van der Waals surface area (Å²) >= 11 is 0. The maximum Gasteiger partial charge on any atom is 0.341 e. The maximum atomic E-state index is 12.2. The Balaban J connectivity index is 2.61. The van der Waals surface area contributed by atoms with Crippen molar-refractivity contribution in [3.05, 3.63) is 35.5 Å². The summed E-state index contributed by atoms with van der Waals surface area (Å²) in [6.07, 6.45) is 0.801. The number of ether oxygens (including phenoxy) is 2. The van der Waals surface area contributed by atoms with Gasteiger partial charge in [-0.25, -0.2) is 9.59 Å². The minimum atomic E-state index is -0.618. The molecule has 2 aromatic rings. The van der Waals surface area contributed by atoms with Crippen LogP contribution < -0.4 is 5.32 Å². The van der Waals surface area contributed by atoms with E-state index >= 15 is 0 Å². The number of nitrogens with one attached hydrogen (secondary N) is 1. The van der Waals surface area contributed by atoms with Crippen molar-refractivity contribution in [2.45, 2.75) is 20.0 Å². The first kappa shape index (κ1) is 17.7. The highest BCUT2D eigenvalue weighted by Gasteiger charge is 2.18. The Morgan fingerprint density at radius 1 is 1.33 bits per heavy atom. The van der Waals surface area contributed by atoms with E-state index in [1.807, 2.05) is 0 Å². The Bertz CT molecular complexity index is 758. The van der Waals surface area contributed by atoms with Crippen LogP contribution in [-0.2, 0) is 9.47 Å². The van der Waals surface area contributed by atoms with Gasteiger partial charge in [0.05, 0.1) is 36.6 Å². The van der Waals surface area contributed by atoms with Crippen LogP contribution in [0.2, 0.25) is 0 Å². The number of aliphatic hydroxyl groups excluding tert-OH is 1. The topological polar surface area (TPSA) is 97.8 Å². The molecule has 1 aromatic carbocycles. The third-order valence-electron chi connectivity index (χ3n) is 3.36. The zero-order valence-electron chi connectivity index (χ0n) is 13.8. The second-order valence-electron chi connectivity index (χ2n) is 5.22. The Hall–Kier alpha value is -2.67. The van der Waals surface area contributed by atoms with Crippen molar-refractivity contribution in [1.29, 1.82) is 0 Å². The van der Waals surface area contributed by atoms with Crippen LogP contribution in [0.5, 0.6) is 0 Å². The van der Waals surface area contributed by atoms with E-state index in [1.54, 1.807) is 32.0 Å². The standard InChI is InChI=1S/C17H20N2O5/c1-4-24-17(22)13-9-18-14-6-5-11(16(21)23-3)7-12(14)15(13)19-8-10(2)20/h5-7,9-10,20H,4,8H2,1-3H3,(H,18,19). The van der Waals surface area contributed by atoms with Crippen LogP contribution >= 0.6 is 0 Å². The van der Waals surface area contributed by atoms with Crippen molar-refractivity contribution in [2.24, 2.45) is 0 Å². The molecule has 0 aliphatic rings. The van der Waals surface area contributed by atoms with Gasteiger partial charge in [-0.05, 0) is 32.0 Å². The predicted molar refractivity (Wildman–Crippen MR) is 89.2 cm³/mol. The highest BCUT2D eigenvalue weighted by Crippen LogP contribution is 2.28. The lowest BCUT2D eigenvalue weighted by Gasteiger charge is -2.15. The molecular weight excluding hydrogens is 312 g/mol. The molecule has 7 heteroatoms. The number of carbonyl (C=O) groups is 2. The fourth-order valence-corrected chi connectivity index (χ4v) is 2.24. The molecule has 1 unspecified atom stereocenters. The number of anilines is 1. The monoisotopic (exact) mass is 332 g/mol. The summed E-state index contributed by atoms with van der Waals surface area (Å²) in [5.41, 5.74) is 1.65. The molecule has 1 atom stereocenters. The van der Waals surface area contributed by atoms with E-state index in [9.17, 15) is 14.7 Å². The Morgan fingerprint density at radius 2 is 2.08 bits per heavy atom. The summed E-state index contributed by atoms with van der Waals surface area (Å²) in [6, 6.07) is 4.87. The molecule has 128 valence electrons. The van der Waals surface area contributed by atoms with E-state index in [-0.39, 0.29) is 18.7 Å². The van der Waals surface area contributed by atoms with Crippen LogP contribution in [0.4, 0.5) is 5.69 Å². The van der Waals surface area contributed by atoms with Gasteiger partial charge >= 0.3 is 11.9 Å². The molecule has 1 aromatic heterocycles. The average Bonchev–Trinajstić information content (AvgIpc) is 2.58. The number of carbonyl (C=O) groups excluding carboxylic acids is 2. The molecule has 24 heavy (non-hydrogen) atoms. The van der Waals surface area contributed by atoms with E-state index in [1.165, 1.54) is 13.3 Å². The fourth-order valence-electron chi connectivity index (χ4n) is 2.24. The number of fused-ring (bicyclic) bond motifs is 1. The number of pyridine rings is 1. The van der Waals surface area contributed by atoms with Gasteiger partial charge in [0.25, 0.3) is 0 Å². The average molecular weight is 332 g/mol. The first-order valence-corrected chi connectivity index (χ1v) is 7.58. The maximum absolute atomic E-state index is 12.2. The van der Waals surface area contributed by atoms with Gasteiger partial charge in [0, 0.05) is 18.1 Å². The third-order valence-corrected chi connectivity index (χ3v) is 3.36. The molecule has 1 heterocycles. The van der Waals surface area contributed by atoms with Crippen molar-refractivity contribution >= 4 is 28.5 Å². The highest BCUT2D eigenvalue weighted by atomic mass is 16.5. The number of hydrogen-bond acceptors (Lipinski definition) is 7. The van der Waals surface area contributed by atoms with Crippen LogP contribution in [0.3, 0.4) is 0 Å². The second kappa shape index (κ2) is 7.74. The van der Waals surface area contributed by atoms with Crippen LogP contribution in [0, 0.1) is 0 Å². The largest absolute Gasteiger partial charge is 0.465 e. The molecule has 0 saturated carbocycles. The number of rotatable bonds is 6. The van der Waals surface area contributed by atoms with Crippen LogP contribution in [0.25, 0.3) is 10.9 Å². The SMILES string of the molecule is CCOC(=O)c1cnc2ccc(C(=O)OC)cc2c1NCC(C)O. The molecule has 2 rings (SSSR count). The van der Waals surface area contributed by atoms with E-state index in [0.29, 0.717) is 22.2 Å². The van der Waals surface area contributed by atoms with E-state index in [0.717, 1.165) is 0 Å². The van der Waals surface area contributed by atoms with Crippen LogP contribution in [0.15, 0.2) is 24.4 Å². The minimum Gasteiger partial charge on any atom is -0.465 e. The van der Waals surface area contributed by atoms with Crippen molar-refractivity contribution in [3.63, 3.8) is 0 Å². The summed E-state index contributed by atoms with van der Waals surface area (Å²) in [7, 11) is 1.30. The molecule has 0 amide bonds.